The standard InChI is InChI=1S/C25H30N2O6/c1-17(28)33-21-6-4-5-20(15-21)25(30)27-11-9-18(10-12-27)16-26-24(29)14-19-7-8-22(31-2)23(13-19)32-3/h4-8,13,15,18H,9-12,14,16H2,1-3H3,(H,26,29). The van der Waals surface area contributed by atoms with Crippen molar-refractivity contribution in [1.82, 2.24) is 10.2 Å². The summed E-state index contributed by atoms with van der Waals surface area (Å²) in [6.45, 7) is 3.14. The quantitative estimate of drug-likeness (QED) is 0.487. The van der Waals surface area contributed by atoms with Gasteiger partial charge < -0.3 is 24.4 Å². The molecule has 0 atom stereocenters. The summed E-state index contributed by atoms with van der Waals surface area (Å²) in [5, 5.41) is 3.01. The van der Waals surface area contributed by atoms with Crippen molar-refractivity contribution >= 4 is 17.8 Å². The molecule has 8 nitrogen and oxygen atoms in total. The van der Waals surface area contributed by atoms with Crippen LogP contribution in [0.25, 0.3) is 0 Å². The van der Waals surface area contributed by atoms with E-state index in [9.17, 15) is 14.4 Å². The lowest BCUT2D eigenvalue weighted by atomic mass is 9.96. The van der Waals surface area contributed by atoms with Crippen LogP contribution < -0.4 is 19.5 Å². The maximum Gasteiger partial charge on any atom is 0.308 e. The van der Waals surface area contributed by atoms with Gasteiger partial charge in [0.1, 0.15) is 5.75 Å². The number of carbonyl (C=O) groups is 3. The summed E-state index contributed by atoms with van der Waals surface area (Å²) >= 11 is 0. The van der Waals surface area contributed by atoms with Crippen molar-refractivity contribution in [2.24, 2.45) is 5.92 Å². The predicted molar refractivity (Wildman–Crippen MR) is 123 cm³/mol. The molecule has 1 heterocycles. The van der Waals surface area contributed by atoms with E-state index in [1.54, 1.807) is 55.5 Å². The number of hydrogen-bond acceptors (Lipinski definition) is 6. The summed E-state index contributed by atoms with van der Waals surface area (Å²) < 4.78 is 15.6. The molecule has 0 spiro atoms. The fourth-order valence-electron chi connectivity index (χ4n) is 3.88. The van der Waals surface area contributed by atoms with Gasteiger partial charge in [-0.2, -0.15) is 0 Å². The number of nitrogens with one attached hydrogen (secondary N) is 1. The van der Waals surface area contributed by atoms with Crippen LogP contribution in [0.1, 0.15) is 35.7 Å². The monoisotopic (exact) mass is 454 g/mol. The molecule has 3 rings (SSSR count). The lowest BCUT2D eigenvalue weighted by Gasteiger charge is -2.32. The molecule has 1 aliphatic heterocycles. The second kappa shape index (κ2) is 11.4. The van der Waals surface area contributed by atoms with Crippen LogP contribution in [-0.4, -0.2) is 56.5 Å². The topological polar surface area (TPSA) is 94.2 Å². The number of piperidine rings is 1. The van der Waals surface area contributed by atoms with Gasteiger partial charge >= 0.3 is 5.97 Å². The average Bonchev–Trinajstić information content (AvgIpc) is 2.82. The van der Waals surface area contributed by atoms with E-state index in [4.69, 9.17) is 14.2 Å². The maximum absolute atomic E-state index is 12.8. The van der Waals surface area contributed by atoms with Crippen LogP contribution in [-0.2, 0) is 16.0 Å². The molecule has 2 aromatic carbocycles. The first kappa shape index (κ1) is 24.1. The molecule has 0 bridgehead atoms. The Balaban J connectivity index is 1.45. The number of rotatable bonds is 8. The Bertz CT molecular complexity index is 998. The molecule has 0 saturated carbocycles. The first-order valence-corrected chi connectivity index (χ1v) is 10.9. The summed E-state index contributed by atoms with van der Waals surface area (Å²) in [5.41, 5.74) is 1.34. The van der Waals surface area contributed by atoms with Crippen molar-refractivity contribution in [2.75, 3.05) is 33.9 Å². The minimum atomic E-state index is -0.423. The minimum Gasteiger partial charge on any atom is -0.493 e. The van der Waals surface area contributed by atoms with Gasteiger partial charge in [-0.1, -0.05) is 12.1 Å². The first-order valence-electron chi connectivity index (χ1n) is 10.9. The Morgan fingerprint density at radius 1 is 1.00 bits per heavy atom. The normalized spacial score (nSPS) is 13.8. The fourth-order valence-corrected chi connectivity index (χ4v) is 3.88. The van der Waals surface area contributed by atoms with Gasteiger partial charge in [0.2, 0.25) is 5.91 Å². The van der Waals surface area contributed by atoms with Crippen molar-refractivity contribution in [3.63, 3.8) is 0 Å². The number of carbonyl (C=O) groups excluding carboxylic acids is 3. The maximum atomic E-state index is 12.8. The van der Waals surface area contributed by atoms with Crippen molar-refractivity contribution in [3.05, 3.63) is 53.6 Å². The van der Waals surface area contributed by atoms with E-state index in [-0.39, 0.29) is 18.2 Å². The summed E-state index contributed by atoms with van der Waals surface area (Å²) in [7, 11) is 3.14. The van der Waals surface area contributed by atoms with E-state index >= 15 is 0 Å². The molecule has 0 aliphatic carbocycles. The van der Waals surface area contributed by atoms with E-state index in [0.29, 0.717) is 48.4 Å². The van der Waals surface area contributed by atoms with E-state index in [1.165, 1.54) is 6.92 Å². The second-order valence-corrected chi connectivity index (χ2v) is 8.03. The predicted octanol–water partition coefficient (Wildman–Crippen LogP) is 2.84. The minimum absolute atomic E-state index is 0.0528. The average molecular weight is 455 g/mol. The van der Waals surface area contributed by atoms with Gasteiger partial charge in [0, 0.05) is 32.1 Å². The van der Waals surface area contributed by atoms with Crippen LogP contribution in [0.2, 0.25) is 0 Å². The molecule has 176 valence electrons. The number of amides is 2. The summed E-state index contributed by atoms with van der Waals surface area (Å²) in [6.07, 6.45) is 1.88. The number of esters is 1. The highest BCUT2D eigenvalue weighted by Crippen LogP contribution is 2.27. The van der Waals surface area contributed by atoms with E-state index in [1.807, 2.05) is 6.07 Å². The SMILES string of the molecule is COc1ccc(CC(=O)NCC2CCN(C(=O)c3cccc(OC(C)=O)c3)CC2)cc1OC. The first-order chi connectivity index (χ1) is 15.9. The zero-order valence-corrected chi connectivity index (χ0v) is 19.3. The smallest absolute Gasteiger partial charge is 0.308 e. The van der Waals surface area contributed by atoms with Gasteiger partial charge in [0.15, 0.2) is 11.5 Å². The molecule has 1 saturated heterocycles. The van der Waals surface area contributed by atoms with Gasteiger partial charge in [-0.25, -0.2) is 0 Å². The molecule has 1 aliphatic rings. The highest BCUT2D eigenvalue weighted by Gasteiger charge is 2.24. The third-order valence-electron chi connectivity index (χ3n) is 5.64. The van der Waals surface area contributed by atoms with E-state index < -0.39 is 5.97 Å². The number of ether oxygens (including phenoxy) is 3. The van der Waals surface area contributed by atoms with Crippen LogP contribution in [0.15, 0.2) is 42.5 Å². The number of hydrogen-bond donors (Lipinski definition) is 1. The van der Waals surface area contributed by atoms with Gasteiger partial charge in [-0.15, -0.1) is 0 Å². The molecular formula is C25H30N2O6. The molecule has 2 amide bonds. The number of nitrogens with zero attached hydrogens (tertiary/aromatic N) is 1. The highest BCUT2D eigenvalue weighted by molar-refractivity contribution is 5.94. The van der Waals surface area contributed by atoms with Gasteiger partial charge in [-0.05, 0) is 54.7 Å². The Kier molecular flexibility index (Phi) is 8.29. The van der Waals surface area contributed by atoms with Crippen LogP contribution in [0, 0.1) is 5.92 Å². The zero-order chi connectivity index (χ0) is 23.8. The number of methoxy groups -OCH3 is 2. The Morgan fingerprint density at radius 2 is 1.73 bits per heavy atom. The molecule has 1 fully saturated rings. The largest absolute Gasteiger partial charge is 0.493 e. The lowest BCUT2D eigenvalue weighted by molar-refractivity contribution is -0.131. The molecule has 1 N–H and O–H groups in total. The van der Waals surface area contributed by atoms with Crippen LogP contribution >= 0.6 is 0 Å². The van der Waals surface area contributed by atoms with Gasteiger partial charge in [0.25, 0.3) is 5.91 Å². The second-order valence-electron chi connectivity index (χ2n) is 8.03. The van der Waals surface area contributed by atoms with Gasteiger partial charge in [-0.3, -0.25) is 14.4 Å². The van der Waals surface area contributed by atoms with Gasteiger partial charge in [0.05, 0.1) is 20.6 Å². The van der Waals surface area contributed by atoms with Crippen LogP contribution in [0.5, 0.6) is 17.2 Å². The summed E-state index contributed by atoms with van der Waals surface area (Å²) in [5.74, 6) is 1.34. The molecule has 2 aromatic rings. The highest BCUT2D eigenvalue weighted by atomic mass is 16.5. The zero-order valence-electron chi connectivity index (χ0n) is 19.3. The van der Waals surface area contributed by atoms with Crippen LogP contribution in [0.4, 0.5) is 0 Å². The summed E-state index contributed by atoms with van der Waals surface area (Å²) in [6, 6.07) is 12.1. The molecule has 8 heteroatoms. The molecular weight excluding hydrogens is 424 g/mol. The molecule has 33 heavy (non-hydrogen) atoms. The van der Waals surface area contributed by atoms with Crippen molar-refractivity contribution in [1.29, 1.82) is 0 Å². The Labute approximate surface area is 193 Å². The molecule has 0 aromatic heterocycles. The van der Waals surface area contributed by atoms with E-state index in [2.05, 4.69) is 5.32 Å². The third-order valence-corrected chi connectivity index (χ3v) is 5.64. The fraction of sp³-hybridized carbons (Fsp3) is 0.400. The number of likely N-dealkylation sites (tertiary alicyclic amines) is 1. The van der Waals surface area contributed by atoms with Crippen LogP contribution in [0.3, 0.4) is 0 Å². The van der Waals surface area contributed by atoms with E-state index in [0.717, 1.165) is 18.4 Å². The molecule has 0 radical (unpaired) electrons. The Morgan fingerprint density at radius 3 is 2.39 bits per heavy atom. The number of benzene rings is 2. The lowest BCUT2D eigenvalue weighted by Crippen LogP contribution is -2.41. The molecule has 0 unspecified atom stereocenters. The third kappa shape index (κ3) is 6.71. The van der Waals surface area contributed by atoms with Crippen molar-refractivity contribution in [2.45, 2.75) is 26.2 Å². The Hall–Kier alpha value is -3.55. The van der Waals surface area contributed by atoms with Crippen molar-refractivity contribution < 1.29 is 28.6 Å². The summed E-state index contributed by atoms with van der Waals surface area (Å²) in [4.78, 5) is 38.1. The van der Waals surface area contributed by atoms with Crippen molar-refractivity contribution in [3.8, 4) is 17.2 Å².